The fraction of sp³-hybridized carbons (Fsp3) is 0.250. The molecule has 0 saturated carbocycles. The molecule has 0 N–H and O–H groups in total. The number of aryl methyl sites for hydroxylation is 1. The first-order valence-electron chi connectivity index (χ1n) is 6.89. The summed E-state index contributed by atoms with van der Waals surface area (Å²) >= 11 is 6.01. The number of amides is 1. The van der Waals surface area contributed by atoms with E-state index < -0.39 is 0 Å². The van der Waals surface area contributed by atoms with Gasteiger partial charge in [-0.3, -0.25) is 4.79 Å². The molecular formula is C16H15ClN2O2. The van der Waals surface area contributed by atoms with Crippen molar-refractivity contribution in [1.82, 2.24) is 4.98 Å². The van der Waals surface area contributed by atoms with Crippen molar-refractivity contribution in [2.75, 3.05) is 18.1 Å². The van der Waals surface area contributed by atoms with Gasteiger partial charge in [-0.05, 0) is 30.7 Å². The molecule has 1 aliphatic rings. The Morgan fingerprint density at radius 1 is 1.38 bits per heavy atom. The van der Waals surface area contributed by atoms with Gasteiger partial charge in [-0.2, -0.15) is 0 Å². The second-order valence-electron chi connectivity index (χ2n) is 4.80. The SMILES string of the molecule is CCc1cc(C(=O)N2CCOc3ccccc32)cc(Cl)n1. The lowest BCUT2D eigenvalue weighted by Gasteiger charge is -2.29. The fourth-order valence-corrected chi connectivity index (χ4v) is 2.62. The number of anilines is 1. The number of para-hydroxylation sites is 2. The highest BCUT2D eigenvalue weighted by atomic mass is 35.5. The van der Waals surface area contributed by atoms with Crippen LogP contribution < -0.4 is 9.64 Å². The fourth-order valence-electron chi connectivity index (χ4n) is 2.39. The third-order valence-electron chi connectivity index (χ3n) is 3.43. The van der Waals surface area contributed by atoms with Gasteiger partial charge in [0.2, 0.25) is 0 Å². The van der Waals surface area contributed by atoms with E-state index in [0.29, 0.717) is 23.9 Å². The van der Waals surface area contributed by atoms with Gasteiger partial charge in [0.05, 0.1) is 12.2 Å². The summed E-state index contributed by atoms with van der Waals surface area (Å²) < 4.78 is 5.58. The average Bonchev–Trinajstić information content (AvgIpc) is 2.53. The lowest BCUT2D eigenvalue weighted by atomic mass is 10.1. The number of ether oxygens (including phenoxy) is 1. The minimum absolute atomic E-state index is 0.0789. The number of pyridine rings is 1. The van der Waals surface area contributed by atoms with Crippen LogP contribution in [0.4, 0.5) is 5.69 Å². The lowest BCUT2D eigenvalue weighted by molar-refractivity contribution is 0.0976. The number of aromatic nitrogens is 1. The van der Waals surface area contributed by atoms with Crippen molar-refractivity contribution in [2.45, 2.75) is 13.3 Å². The van der Waals surface area contributed by atoms with E-state index in [4.69, 9.17) is 16.3 Å². The van der Waals surface area contributed by atoms with Crippen LogP contribution in [0.2, 0.25) is 5.15 Å². The number of carbonyl (C=O) groups is 1. The minimum Gasteiger partial charge on any atom is -0.490 e. The van der Waals surface area contributed by atoms with Crippen LogP contribution in [0.15, 0.2) is 36.4 Å². The van der Waals surface area contributed by atoms with Gasteiger partial charge in [-0.25, -0.2) is 4.98 Å². The van der Waals surface area contributed by atoms with Crippen LogP contribution in [0.25, 0.3) is 0 Å². The largest absolute Gasteiger partial charge is 0.490 e. The second-order valence-corrected chi connectivity index (χ2v) is 5.18. The number of nitrogens with zero attached hydrogens (tertiary/aromatic N) is 2. The molecule has 5 heteroatoms. The molecule has 0 unspecified atom stereocenters. The maximum absolute atomic E-state index is 12.8. The normalized spacial score (nSPS) is 13.5. The highest BCUT2D eigenvalue weighted by Crippen LogP contribution is 2.32. The van der Waals surface area contributed by atoms with Crippen LogP contribution in [0.1, 0.15) is 23.0 Å². The van der Waals surface area contributed by atoms with E-state index in [2.05, 4.69) is 4.98 Å². The predicted molar refractivity (Wildman–Crippen MR) is 82.2 cm³/mol. The summed E-state index contributed by atoms with van der Waals surface area (Å²) in [5, 5.41) is 0.347. The molecule has 0 radical (unpaired) electrons. The Hall–Kier alpha value is -2.07. The van der Waals surface area contributed by atoms with Crippen molar-refractivity contribution in [1.29, 1.82) is 0 Å². The highest BCUT2D eigenvalue weighted by Gasteiger charge is 2.24. The monoisotopic (exact) mass is 302 g/mol. The van der Waals surface area contributed by atoms with Gasteiger partial charge in [0.25, 0.3) is 5.91 Å². The zero-order valence-corrected chi connectivity index (χ0v) is 12.4. The maximum atomic E-state index is 12.8. The number of hydrogen-bond acceptors (Lipinski definition) is 3. The van der Waals surface area contributed by atoms with Crippen molar-refractivity contribution >= 4 is 23.2 Å². The van der Waals surface area contributed by atoms with Crippen molar-refractivity contribution in [2.24, 2.45) is 0 Å². The molecule has 4 nitrogen and oxygen atoms in total. The van der Waals surface area contributed by atoms with E-state index in [-0.39, 0.29) is 5.91 Å². The third-order valence-corrected chi connectivity index (χ3v) is 3.62. The molecule has 1 aliphatic heterocycles. The predicted octanol–water partition coefficient (Wildman–Crippen LogP) is 3.34. The Kier molecular flexibility index (Phi) is 3.80. The quantitative estimate of drug-likeness (QED) is 0.799. The molecule has 108 valence electrons. The van der Waals surface area contributed by atoms with E-state index >= 15 is 0 Å². The standard InChI is InChI=1S/C16H15ClN2O2/c1-2-12-9-11(10-15(17)18-12)16(20)19-7-8-21-14-6-4-3-5-13(14)19/h3-6,9-10H,2,7-8H2,1H3. The van der Waals surface area contributed by atoms with E-state index in [1.54, 1.807) is 17.0 Å². The van der Waals surface area contributed by atoms with Crippen LogP contribution in [-0.2, 0) is 6.42 Å². The smallest absolute Gasteiger partial charge is 0.258 e. The van der Waals surface area contributed by atoms with Gasteiger partial charge in [-0.1, -0.05) is 30.7 Å². The molecule has 1 aromatic carbocycles. The molecule has 1 amide bonds. The van der Waals surface area contributed by atoms with Gasteiger partial charge in [0.15, 0.2) is 0 Å². The first-order valence-corrected chi connectivity index (χ1v) is 7.27. The molecule has 1 aromatic heterocycles. The van der Waals surface area contributed by atoms with Crippen LogP contribution in [0.5, 0.6) is 5.75 Å². The summed E-state index contributed by atoms with van der Waals surface area (Å²) in [6.07, 6.45) is 0.737. The van der Waals surface area contributed by atoms with Crippen LogP contribution >= 0.6 is 11.6 Å². The Morgan fingerprint density at radius 3 is 3.00 bits per heavy atom. The molecule has 0 saturated heterocycles. The number of halogens is 1. The molecule has 0 atom stereocenters. The van der Waals surface area contributed by atoms with Crippen LogP contribution in [0, 0.1) is 0 Å². The molecule has 0 spiro atoms. The van der Waals surface area contributed by atoms with Gasteiger partial charge >= 0.3 is 0 Å². The number of hydrogen-bond donors (Lipinski definition) is 0. The van der Waals surface area contributed by atoms with E-state index in [1.165, 1.54) is 0 Å². The molecule has 21 heavy (non-hydrogen) atoms. The van der Waals surface area contributed by atoms with Crippen molar-refractivity contribution in [3.8, 4) is 5.75 Å². The Labute approximate surface area is 128 Å². The zero-order chi connectivity index (χ0) is 14.8. The number of benzene rings is 1. The van der Waals surface area contributed by atoms with E-state index in [9.17, 15) is 4.79 Å². The van der Waals surface area contributed by atoms with Crippen molar-refractivity contribution in [3.63, 3.8) is 0 Å². The lowest BCUT2D eigenvalue weighted by Crippen LogP contribution is -2.38. The summed E-state index contributed by atoms with van der Waals surface area (Å²) in [6.45, 7) is 3.00. The van der Waals surface area contributed by atoms with Crippen molar-refractivity contribution in [3.05, 3.63) is 52.8 Å². The summed E-state index contributed by atoms with van der Waals surface area (Å²) in [7, 11) is 0. The number of fused-ring (bicyclic) bond motifs is 1. The summed E-state index contributed by atoms with van der Waals surface area (Å²) in [5.74, 6) is 0.651. The molecule has 0 bridgehead atoms. The minimum atomic E-state index is -0.0789. The summed E-state index contributed by atoms with van der Waals surface area (Å²) in [4.78, 5) is 18.7. The van der Waals surface area contributed by atoms with Gasteiger partial charge in [0, 0.05) is 11.3 Å². The third kappa shape index (κ3) is 2.72. The van der Waals surface area contributed by atoms with Crippen molar-refractivity contribution < 1.29 is 9.53 Å². The molecule has 0 fully saturated rings. The first-order chi connectivity index (χ1) is 10.2. The van der Waals surface area contributed by atoms with Gasteiger partial charge < -0.3 is 9.64 Å². The Morgan fingerprint density at radius 2 is 2.19 bits per heavy atom. The van der Waals surface area contributed by atoms with Gasteiger partial charge in [0.1, 0.15) is 17.5 Å². The number of carbonyl (C=O) groups excluding carboxylic acids is 1. The molecule has 3 rings (SSSR count). The summed E-state index contributed by atoms with van der Waals surface area (Å²) in [5.41, 5.74) is 2.16. The Bertz CT molecular complexity index is 688. The number of rotatable bonds is 2. The van der Waals surface area contributed by atoms with Crippen LogP contribution in [-0.4, -0.2) is 24.0 Å². The van der Waals surface area contributed by atoms with E-state index in [1.807, 2.05) is 31.2 Å². The average molecular weight is 303 g/mol. The molecule has 2 aromatic rings. The highest BCUT2D eigenvalue weighted by molar-refractivity contribution is 6.30. The van der Waals surface area contributed by atoms with Crippen LogP contribution in [0.3, 0.4) is 0 Å². The van der Waals surface area contributed by atoms with Gasteiger partial charge in [-0.15, -0.1) is 0 Å². The second kappa shape index (κ2) is 5.74. The molecular weight excluding hydrogens is 288 g/mol. The molecule has 2 heterocycles. The molecule has 0 aliphatic carbocycles. The summed E-state index contributed by atoms with van der Waals surface area (Å²) in [6, 6.07) is 10.9. The first kappa shape index (κ1) is 13.9. The maximum Gasteiger partial charge on any atom is 0.258 e. The zero-order valence-electron chi connectivity index (χ0n) is 11.7. The Balaban J connectivity index is 1.98. The van der Waals surface area contributed by atoms with E-state index in [0.717, 1.165) is 23.6 Å². The topological polar surface area (TPSA) is 42.4 Å².